The molecule has 0 atom stereocenters. The summed E-state index contributed by atoms with van der Waals surface area (Å²) in [7, 11) is 0. The molecule has 0 aliphatic heterocycles. The predicted molar refractivity (Wildman–Crippen MR) is 131 cm³/mol. The lowest BCUT2D eigenvalue weighted by molar-refractivity contribution is -0.116. The van der Waals surface area contributed by atoms with E-state index in [0.29, 0.717) is 50.4 Å². The maximum absolute atomic E-state index is 13.2. The highest BCUT2D eigenvalue weighted by Gasteiger charge is 2.21. The van der Waals surface area contributed by atoms with E-state index in [1.165, 1.54) is 22.2 Å². The number of nitrogens with one attached hydrogen (secondary N) is 1. The van der Waals surface area contributed by atoms with Crippen LogP contribution in [0.25, 0.3) is 32.4 Å². The number of hydrogen-bond acceptors (Lipinski definition) is 9. The quantitative estimate of drug-likeness (QED) is 0.365. The van der Waals surface area contributed by atoms with Crippen LogP contribution in [0.3, 0.4) is 0 Å². The van der Waals surface area contributed by atoms with Gasteiger partial charge in [0.2, 0.25) is 11.7 Å². The summed E-state index contributed by atoms with van der Waals surface area (Å²) in [5.41, 5.74) is 1.74. The minimum Gasteiger partial charge on any atom is -0.494 e. The fourth-order valence-corrected chi connectivity index (χ4v) is 4.63. The van der Waals surface area contributed by atoms with E-state index in [-0.39, 0.29) is 18.0 Å². The standard InChI is InChI=1S/C24H20N6O4S/c1-3-33-17-6-4-16(5-7-17)27-18(31)12-30-13-26-23-19(24(30)32)14(2)20(35-23)22-28-21(29-34-22)15-8-10-25-11-9-15/h4-11,13H,3,12H2,1-2H3,(H,27,31). The molecule has 0 bridgehead atoms. The Morgan fingerprint density at radius 1 is 1.17 bits per heavy atom. The molecule has 5 rings (SSSR count). The van der Waals surface area contributed by atoms with Gasteiger partial charge in [-0.05, 0) is 55.8 Å². The number of carbonyl (C=O) groups excluding carboxylic acids is 1. The lowest BCUT2D eigenvalue weighted by Crippen LogP contribution is -2.27. The van der Waals surface area contributed by atoms with Crippen molar-refractivity contribution in [3.8, 4) is 27.9 Å². The van der Waals surface area contributed by atoms with Crippen LogP contribution in [0.2, 0.25) is 0 Å². The molecule has 10 nitrogen and oxygen atoms in total. The van der Waals surface area contributed by atoms with Gasteiger partial charge >= 0.3 is 0 Å². The summed E-state index contributed by atoms with van der Waals surface area (Å²) in [5.74, 6) is 1.10. The van der Waals surface area contributed by atoms with Gasteiger partial charge in [-0.25, -0.2) is 4.98 Å². The number of benzene rings is 1. The number of fused-ring (bicyclic) bond motifs is 1. The fraction of sp³-hybridized carbons (Fsp3) is 0.167. The molecule has 0 saturated carbocycles. The van der Waals surface area contributed by atoms with Gasteiger partial charge in [0.1, 0.15) is 17.1 Å². The van der Waals surface area contributed by atoms with E-state index < -0.39 is 0 Å². The number of thiophene rings is 1. The van der Waals surface area contributed by atoms with E-state index in [0.717, 1.165) is 5.56 Å². The Hall–Kier alpha value is -4.38. The molecule has 1 aromatic carbocycles. The number of rotatable bonds is 7. The summed E-state index contributed by atoms with van der Waals surface area (Å²) in [6.07, 6.45) is 4.67. The third-order valence-electron chi connectivity index (χ3n) is 5.24. The molecule has 0 aliphatic rings. The molecular weight excluding hydrogens is 468 g/mol. The fourth-order valence-electron chi connectivity index (χ4n) is 3.57. The third kappa shape index (κ3) is 4.53. The molecule has 176 valence electrons. The number of hydrogen-bond donors (Lipinski definition) is 1. The molecule has 5 aromatic rings. The smallest absolute Gasteiger partial charge is 0.268 e. The van der Waals surface area contributed by atoms with Crippen molar-refractivity contribution in [1.82, 2.24) is 24.7 Å². The number of anilines is 1. The molecule has 0 saturated heterocycles. The van der Waals surface area contributed by atoms with Crippen molar-refractivity contribution in [2.75, 3.05) is 11.9 Å². The minimum absolute atomic E-state index is 0.174. The topological polar surface area (TPSA) is 125 Å². The Morgan fingerprint density at radius 2 is 1.94 bits per heavy atom. The van der Waals surface area contributed by atoms with Crippen LogP contribution in [-0.4, -0.2) is 37.2 Å². The van der Waals surface area contributed by atoms with E-state index >= 15 is 0 Å². The number of carbonyl (C=O) groups is 1. The Morgan fingerprint density at radius 3 is 2.69 bits per heavy atom. The predicted octanol–water partition coefficient (Wildman–Crippen LogP) is 3.92. The number of aromatic nitrogens is 5. The van der Waals surface area contributed by atoms with Gasteiger partial charge in [0.25, 0.3) is 11.4 Å². The van der Waals surface area contributed by atoms with Crippen molar-refractivity contribution < 1.29 is 14.1 Å². The molecule has 11 heteroatoms. The summed E-state index contributed by atoms with van der Waals surface area (Å²) < 4.78 is 12.1. The molecular formula is C24H20N6O4S. The number of amides is 1. The Kier molecular flexibility index (Phi) is 6.06. The highest BCUT2D eigenvalue weighted by atomic mass is 32.1. The number of pyridine rings is 1. The summed E-state index contributed by atoms with van der Waals surface area (Å²) in [6, 6.07) is 10.6. The Labute approximate surface area is 203 Å². The van der Waals surface area contributed by atoms with Crippen LogP contribution in [0.15, 0.2) is 64.4 Å². The van der Waals surface area contributed by atoms with Gasteiger partial charge in [0, 0.05) is 23.6 Å². The van der Waals surface area contributed by atoms with Crippen molar-refractivity contribution in [2.45, 2.75) is 20.4 Å². The normalized spacial score (nSPS) is 11.0. The van der Waals surface area contributed by atoms with Crippen LogP contribution in [0, 0.1) is 6.92 Å². The van der Waals surface area contributed by atoms with Crippen LogP contribution in [0.5, 0.6) is 5.75 Å². The van der Waals surface area contributed by atoms with Crippen molar-refractivity contribution in [3.63, 3.8) is 0 Å². The molecule has 0 unspecified atom stereocenters. The highest BCUT2D eigenvalue weighted by Crippen LogP contribution is 2.35. The summed E-state index contributed by atoms with van der Waals surface area (Å²) >= 11 is 1.29. The summed E-state index contributed by atoms with van der Waals surface area (Å²) in [6.45, 7) is 4.09. The zero-order valence-corrected chi connectivity index (χ0v) is 19.7. The SMILES string of the molecule is CCOc1ccc(NC(=O)Cn2cnc3sc(-c4nc(-c5ccncc5)no4)c(C)c3c2=O)cc1. The first-order chi connectivity index (χ1) is 17.0. The van der Waals surface area contributed by atoms with Crippen LogP contribution in [-0.2, 0) is 11.3 Å². The largest absolute Gasteiger partial charge is 0.494 e. The van der Waals surface area contributed by atoms with Gasteiger partial charge in [-0.2, -0.15) is 4.98 Å². The molecule has 4 aromatic heterocycles. The zero-order valence-electron chi connectivity index (χ0n) is 18.9. The average molecular weight is 489 g/mol. The molecule has 0 spiro atoms. The van der Waals surface area contributed by atoms with E-state index in [4.69, 9.17) is 9.26 Å². The molecule has 0 fully saturated rings. The molecule has 35 heavy (non-hydrogen) atoms. The summed E-state index contributed by atoms with van der Waals surface area (Å²) in [4.78, 5) is 39.8. The van der Waals surface area contributed by atoms with Crippen molar-refractivity contribution in [1.29, 1.82) is 0 Å². The first-order valence-electron chi connectivity index (χ1n) is 10.8. The van der Waals surface area contributed by atoms with Crippen molar-refractivity contribution >= 4 is 33.1 Å². The molecule has 4 heterocycles. The number of ether oxygens (including phenoxy) is 1. The minimum atomic E-state index is -0.343. The maximum atomic E-state index is 13.2. The zero-order chi connectivity index (χ0) is 24.4. The Bertz CT molecular complexity index is 1560. The Balaban J connectivity index is 1.38. The van der Waals surface area contributed by atoms with E-state index in [1.54, 1.807) is 55.7 Å². The highest BCUT2D eigenvalue weighted by molar-refractivity contribution is 7.22. The van der Waals surface area contributed by atoms with Crippen LogP contribution < -0.4 is 15.6 Å². The first-order valence-corrected chi connectivity index (χ1v) is 11.6. The van der Waals surface area contributed by atoms with E-state index in [2.05, 4.69) is 25.4 Å². The van der Waals surface area contributed by atoms with Gasteiger partial charge in [-0.1, -0.05) is 5.16 Å². The lowest BCUT2D eigenvalue weighted by Gasteiger charge is -2.08. The van der Waals surface area contributed by atoms with Crippen molar-refractivity contribution in [2.24, 2.45) is 0 Å². The van der Waals surface area contributed by atoms with Gasteiger partial charge in [0.05, 0.1) is 23.2 Å². The average Bonchev–Trinajstić information content (AvgIpc) is 3.48. The number of aryl methyl sites for hydroxylation is 1. The second kappa shape index (κ2) is 9.47. The maximum Gasteiger partial charge on any atom is 0.268 e. The molecule has 0 radical (unpaired) electrons. The first kappa shape index (κ1) is 22.4. The van der Waals surface area contributed by atoms with Gasteiger partial charge in [0.15, 0.2) is 0 Å². The van der Waals surface area contributed by atoms with Crippen molar-refractivity contribution in [3.05, 3.63) is 71.0 Å². The van der Waals surface area contributed by atoms with Gasteiger partial charge in [-0.3, -0.25) is 19.1 Å². The van der Waals surface area contributed by atoms with Crippen LogP contribution in [0.1, 0.15) is 12.5 Å². The van der Waals surface area contributed by atoms with E-state index in [1.807, 2.05) is 6.92 Å². The van der Waals surface area contributed by atoms with Gasteiger partial charge < -0.3 is 14.6 Å². The molecule has 1 N–H and O–H groups in total. The number of nitrogens with zero attached hydrogens (tertiary/aromatic N) is 5. The molecule has 0 aliphatic carbocycles. The second-order valence-electron chi connectivity index (χ2n) is 7.58. The second-order valence-corrected chi connectivity index (χ2v) is 8.58. The summed E-state index contributed by atoms with van der Waals surface area (Å²) in [5, 5.41) is 7.24. The molecule has 1 amide bonds. The van der Waals surface area contributed by atoms with Gasteiger partial charge in [-0.15, -0.1) is 11.3 Å². The lowest BCUT2D eigenvalue weighted by atomic mass is 10.2. The van der Waals surface area contributed by atoms with Crippen LogP contribution >= 0.6 is 11.3 Å². The van der Waals surface area contributed by atoms with E-state index in [9.17, 15) is 9.59 Å². The monoisotopic (exact) mass is 488 g/mol. The third-order valence-corrected chi connectivity index (χ3v) is 6.43. The van der Waals surface area contributed by atoms with Crippen LogP contribution in [0.4, 0.5) is 5.69 Å².